The molecule has 1 heterocycles. The summed E-state index contributed by atoms with van der Waals surface area (Å²) in [7, 11) is 1.54. The predicted molar refractivity (Wildman–Crippen MR) is 28.6 cm³/mol. The lowest BCUT2D eigenvalue weighted by Crippen LogP contribution is -1.87. The minimum Gasteiger partial charge on any atom is -0.467 e. The molecule has 1 aromatic heterocycles. The Labute approximate surface area is 47.3 Å². The number of rotatable bonds is 1. The summed E-state index contributed by atoms with van der Waals surface area (Å²) in [5.74, 6) is 0. The highest BCUT2D eigenvalue weighted by molar-refractivity contribution is 4.92. The molecule has 1 rings (SSSR count). The fourth-order valence-corrected chi connectivity index (χ4v) is 0.391. The summed E-state index contributed by atoms with van der Waals surface area (Å²) in [5, 5.41) is 0. The average Bonchev–Trinajstić information content (AvgIpc) is 1.90. The van der Waals surface area contributed by atoms with Gasteiger partial charge < -0.3 is 4.74 Å². The summed E-state index contributed by atoms with van der Waals surface area (Å²) < 4.78 is 4.69. The van der Waals surface area contributed by atoms with E-state index in [9.17, 15) is 0 Å². The first kappa shape index (κ1) is 5.03. The van der Waals surface area contributed by atoms with Gasteiger partial charge in [-0.05, 0) is 6.07 Å². The molecule has 0 atom stereocenters. The summed E-state index contributed by atoms with van der Waals surface area (Å²) >= 11 is 0. The van der Waals surface area contributed by atoms with E-state index in [-0.39, 0.29) is 0 Å². The molecule has 0 bridgehead atoms. The van der Waals surface area contributed by atoms with Gasteiger partial charge in [0.25, 0.3) is 0 Å². The fraction of sp³-hybridized carbons (Fsp3) is 0.200. The Hall–Kier alpha value is -1.12. The van der Waals surface area contributed by atoms with Crippen LogP contribution in [0.25, 0.3) is 0 Å². The zero-order valence-corrected chi connectivity index (χ0v) is 4.53. The molecule has 0 aliphatic carbocycles. The molecule has 0 aliphatic heterocycles. The normalized spacial score (nSPS) is 8.62. The zero-order valence-electron chi connectivity index (χ0n) is 4.53. The maximum absolute atomic E-state index is 4.69. The van der Waals surface area contributed by atoms with Crippen molar-refractivity contribution < 1.29 is 4.74 Å². The quantitative estimate of drug-likeness (QED) is 0.527. The molecule has 0 saturated heterocycles. The number of aromatic nitrogens is 2. The van der Waals surface area contributed by atoms with Crippen LogP contribution in [0.1, 0.15) is 0 Å². The number of ether oxygens (including phenoxy) is 1. The maximum atomic E-state index is 4.69. The van der Waals surface area contributed by atoms with E-state index in [1.165, 1.54) is 7.11 Å². The van der Waals surface area contributed by atoms with Crippen LogP contribution in [-0.4, -0.2) is 17.1 Å². The van der Waals surface area contributed by atoms with E-state index < -0.39 is 0 Å². The van der Waals surface area contributed by atoms with Gasteiger partial charge in [-0.1, -0.05) is 0 Å². The van der Waals surface area contributed by atoms with Gasteiger partial charge in [-0.15, -0.1) is 0 Å². The summed E-state index contributed by atoms with van der Waals surface area (Å²) in [4.78, 5) is 7.53. The van der Waals surface area contributed by atoms with E-state index in [1.807, 2.05) is 0 Å². The van der Waals surface area contributed by atoms with Crippen molar-refractivity contribution in [2.75, 3.05) is 7.11 Å². The highest BCUT2D eigenvalue weighted by atomic mass is 16.5. The third-order valence-corrected chi connectivity index (χ3v) is 0.725. The van der Waals surface area contributed by atoms with Gasteiger partial charge >= 0.3 is 6.01 Å². The van der Waals surface area contributed by atoms with Crippen molar-refractivity contribution in [1.29, 1.82) is 0 Å². The van der Waals surface area contributed by atoms with Crippen LogP contribution in [0.15, 0.2) is 18.5 Å². The van der Waals surface area contributed by atoms with Crippen LogP contribution in [0.3, 0.4) is 0 Å². The summed E-state index contributed by atoms with van der Waals surface area (Å²) in [6.45, 7) is 0. The standard InChI is InChI=1S/C5H6N2O/c1-8-5-6-3-2-4-7-5/h2-4H,1H3. The van der Waals surface area contributed by atoms with Crippen LogP contribution in [0.5, 0.6) is 6.01 Å². The summed E-state index contributed by atoms with van der Waals surface area (Å²) in [6, 6.07) is 2.15. The topological polar surface area (TPSA) is 35.0 Å². The number of hydrogen-bond donors (Lipinski definition) is 0. The number of nitrogens with zero attached hydrogens (tertiary/aromatic N) is 2. The molecule has 0 aliphatic rings. The Kier molecular flexibility index (Phi) is 1.42. The van der Waals surface area contributed by atoms with E-state index in [0.29, 0.717) is 6.01 Å². The third-order valence-electron chi connectivity index (χ3n) is 0.725. The molecule has 0 N–H and O–H groups in total. The van der Waals surface area contributed by atoms with Gasteiger partial charge in [0.2, 0.25) is 0 Å². The van der Waals surface area contributed by atoms with Crippen molar-refractivity contribution in [3.8, 4) is 6.01 Å². The Morgan fingerprint density at radius 3 is 2.38 bits per heavy atom. The van der Waals surface area contributed by atoms with Gasteiger partial charge in [-0.25, -0.2) is 9.97 Å². The molecule has 8 heavy (non-hydrogen) atoms. The molecule has 1 aromatic rings. The Morgan fingerprint density at radius 1 is 1.38 bits per heavy atom. The van der Waals surface area contributed by atoms with E-state index in [4.69, 9.17) is 4.74 Å². The van der Waals surface area contributed by atoms with Gasteiger partial charge in [0, 0.05) is 12.4 Å². The predicted octanol–water partition coefficient (Wildman–Crippen LogP) is 0.485. The van der Waals surface area contributed by atoms with E-state index >= 15 is 0 Å². The van der Waals surface area contributed by atoms with Gasteiger partial charge in [-0.3, -0.25) is 0 Å². The monoisotopic (exact) mass is 110 g/mol. The lowest BCUT2D eigenvalue weighted by atomic mass is 10.7. The van der Waals surface area contributed by atoms with Gasteiger partial charge in [0.15, 0.2) is 0 Å². The minimum absolute atomic E-state index is 0.410. The second-order valence-corrected chi connectivity index (χ2v) is 1.24. The first-order valence-electron chi connectivity index (χ1n) is 2.24. The Balaban J connectivity index is 2.83. The molecular formula is C5H6N2O. The average molecular weight is 110 g/mol. The van der Waals surface area contributed by atoms with Crippen LogP contribution in [0.2, 0.25) is 0 Å². The van der Waals surface area contributed by atoms with Crippen LogP contribution in [0, 0.1) is 0 Å². The smallest absolute Gasteiger partial charge is 0.315 e. The highest BCUT2D eigenvalue weighted by Gasteiger charge is 1.84. The van der Waals surface area contributed by atoms with Gasteiger partial charge in [-0.2, -0.15) is 0 Å². The Bertz CT molecular complexity index is 152. The molecule has 42 valence electrons. The minimum atomic E-state index is 0.410. The van der Waals surface area contributed by atoms with E-state index in [2.05, 4.69) is 9.97 Å². The van der Waals surface area contributed by atoms with Gasteiger partial charge in [0.1, 0.15) is 0 Å². The van der Waals surface area contributed by atoms with E-state index in [1.54, 1.807) is 18.5 Å². The fourth-order valence-electron chi connectivity index (χ4n) is 0.391. The maximum Gasteiger partial charge on any atom is 0.315 e. The van der Waals surface area contributed by atoms with Crippen molar-refractivity contribution in [3.63, 3.8) is 0 Å². The molecule has 0 radical (unpaired) electrons. The molecular weight excluding hydrogens is 104 g/mol. The molecule has 0 unspecified atom stereocenters. The zero-order chi connectivity index (χ0) is 5.82. The molecule has 3 heteroatoms. The lowest BCUT2D eigenvalue weighted by molar-refractivity contribution is 0.379. The van der Waals surface area contributed by atoms with Crippen molar-refractivity contribution in [2.45, 2.75) is 0 Å². The van der Waals surface area contributed by atoms with Crippen molar-refractivity contribution in [3.05, 3.63) is 18.5 Å². The molecule has 0 fully saturated rings. The molecule has 0 saturated carbocycles. The largest absolute Gasteiger partial charge is 0.467 e. The second kappa shape index (κ2) is 2.26. The third kappa shape index (κ3) is 0.932. The van der Waals surface area contributed by atoms with E-state index in [0.717, 1.165) is 0 Å². The van der Waals surface area contributed by atoms with Crippen molar-refractivity contribution >= 4 is 0 Å². The number of hydrogen-bond acceptors (Lipinski definition) is 3. The first-order chi connectivity index (χ1) is 3.93. The van der Waals surface area contributed by atoms with Crippen molar-refractivity contribution in [2.24, 2.45) is 0 Å². The molecule has 3 nitrogen and oxygen atoms in total. The molecule has 0 aromatic carbocycles. The summed E-state index contributed by atoms with van der Waals surface area (Å²) in [5.41, 5.74) is 0. The molecule has 0 spiro atoms. The highest BCUT2D eigenvalue weighted by Crippen LogP contribution is 1.92. The van der Waals surface area contributed by atoms with Crippen LogP contribution in [-0.2, 0) is 0 Å². The lowest BCUT2D eigenvalue weighted by Gasteiger charge is -1.90. The van der Waals surface area contributed by atoms with Crippen LogP contribution in [0.4, 0.5) is 0 Å². The molecule has 0 amide bonds. The first-order valence-corrected chi connectivity index (χ1v) is 2.24. The SMILES string of the molecule is COc1ncccn1. The second-order valence-electron chi connectivity index (χ2n) is 1.24. The van der Waals surface area contributed by atoms with Crippen molar-refractivity contribution in [1.82, 2.24) is 9.97 Å². The Morgan fingerprint density at radius 2 is 2.00 bits per heavy atom. The van der Waals surface area contributed by atoms with Crippen LogP contribution < -0.4 is 4.74 Å². The van der Waals surface area contributed by atoms with Crippen LogP contribution >= 0.6 is 0 Å². The number of methoxy groups -OCH3 is 1. The summed E-state index contributed by atoms with van der Waals surface area (Å²) in [6.07, 6.45) is 3.26. The van der Waals surface area contributed by atoms with Gasteiger partial charge in [0.05, 0.1) is 7.11 Å².